The van der Waals surface area contributed by atoms with Gasteiger partial charge in [-0.25, -0.2) is 4.39 Å². The van der Waals surface area contributed by atoms with Crippen LogP contribution in [0.3, 0.4) is 0 Å². The molecule has 5 heteroatoms. The minimum absolute atomic E-state index is 0.122. The van der Waals surface area contributed by atoms with Crippen LogP contribution >= 0.6 is 12.2 Å². The summed E-state index contributed by atoms with van der Waals surface area (Å²) in [5.74, 6) is -0.267. The smallest absolute Gasteiger partial charge is 0.137 e. The molecule has 1 saturated heterocycles. The molecule has 0 aliphatic carbocycles. The lowest BCUT2D eigenvalue weighted by molar-refractivity contribution is 0.208. The Morgan fingerprint density at radius 3 is 2.76 bits per heavy atom. The molecule has 1 aromatic carbocycles. The largest absolute Gasteiger partial charge is 0.389 e. The van der Waals surface area contributed by atoms with Gasteiger partial charge in [-0.3, -0.25) is 9.80 Å². The maximum absolute atomic E-state index is 14.4. The molecule has 0 bridgehead atoms. The Labute approximate surface area is 131 Å². The van der Waals surface area contributed by atoms with Crippen LogP contribution < -0.4 is 5.73 Å². The molecule has 0 aromatic heterocycles. The van der Waals surface area contributed by atoms with Crippen molar-refractivity contribution in [3.63, 3.8) is 0 Å². The number of hydrogen-bond donors (Lipinski definition) is 1. The van der Waals surface area contributed by atoms with E-state index in [0.29, 0.717) is 23.7 Å². The van der Waals surface area contributed by atoms with E-state index in [1.807, 2.05) is 12.1 Å². The van der Waals surface area contributed by atoms with Crippen LogP contribution in [0.1, 0.15) is 31.4 Å². The van der Waals surface area contributed by atoms with E-state index in [0.717, 1.165) is 32.6 Å². The predicted molar refractivity (Wildman–Crippen MR) is 88.9 cm³/mol. The molecule has 116 valence electrons. The number of rotatable bonds is 6. The van der Waals surface area contributed by atoms with E-state index in [1.165, 1.54) is 0 Å². The number of likely N-dealkylation sites (tertiary alicyclic amines) is 1. The average Bonchev–Trinajstić information content (AvgIpc) is 2.91. The van der Waals surface area contributed by atoms with Crippen LogP contribution in [0.5, 0.6) is 0 Å². The fraction of sp³-hybridized carbons (Fsp3) is 0.562. The molecule has 0 radical (unpaired) electrons. The van der Waals surface area contributed by atoms with Crippen LogP contribution in [0.15, 0.2) is 18.2 Å². The second kappa shape index (κ2) is 7.29. The van der Waals surface area contributed by atoms with Crippen LogP contribution in [-0.2, 0) is 6.54 Å². The van der Waals surface area contributed by atoms with E-state index in [2.05, 4.69) is 23.6 Å². The molecule has 2 N–H and O–H groups in total. The number of hydrogen-bond acceptors (Lipinski definition) is 3. The second-order valence-electron chi connectivity index (χ2n) is 5.54. The number of nitrogens with two attached hydrogens (primary N) is 1. The molecule has 1 unspecified atom stereocenters. The van der Waals surface area contributed by atoms with Gasteiger partial charge in [0.2, 0.25) is 0 Å². The SMILES string of the molecule is CCN(CC)C1CCN(Cc2cccc(C(N)=S)c2F)C1. The van der Waals surface area contributed by atoms with Crippen molar-refractivity contribution in [1.82, 2.24) is 9.80 Å². The Bertz CT molecular complexity index is 502. The first-order valence-electron chi connectivity index (χ1n) is 7.60. The summed E-state index contributed by atoms with van der Waals surface area (Å²) >= 11 is 4.89. The lowest BCUT2D eigenvalue weighted by Gasteiger charge is -2.26. The number of benzene rings is 1. The highest BCUT2D eigenvalue weighted by Gasteiger charge is 2.26. The molecular formula is C16H24FN3S. The zero-order valence-electron chi connectivity index (χ0n) is 12.8. The Balaban J connectivity index is 2.04. The van der Waals surface area contributed by atoms with Crippen molar-refractivity contribution in [3.8, 4) is 0 Å². The summed E-state index contributed by atoms with van der Waals surface area (Å²) in [6.45, 7) is 9.16. The predicted octanol–water partition coefficient (Wildman–Crippen LogP) is 2.38. The maximum Gasteiger partial charge on any atom is 0.137 e. The van der Waals surface area contributed by atoms with Gasteiger partial charge in [0.25, 0.3) is 0 Å². The molecule has 1 aromatic rings. The van der Waals surface area contributed by atoms with Gasteiger partial charge >= 0.3 is 0 Å². The van der Waals surface area contributed by atoms with Crippen LogP contribution in [-0.4, -0.2) is 47.0 Å². The molecule has 1 heterocycles. The highest BCUT2D eigenvalue weighted by molar-refractivity contribution is 7.80. The lowest BCUT2D eigenvalue weighted by atomic mass is 10.1. The number of thiocarbonyl (C=S) groups is 1. The summed E-state index contributed by atoms with van der Waals surface area (Å²) < 4.78 is 14.4. The topological polar surface area (TPSA) is 32.5 Å². The summed E-state index contributed by atoms with van der Waals surface area (Å²) in [5.41, 5.74) is 6.59. The Kier molecular flexibility index (Phi) is 5.67. The third-order valence-corrected chi connectivity index (χ3v) is 4.53. The Morgan fingerprint density at radius 1 is 1.43 bits per heavy atom. The van der Waals surface area contributed by atoms with Gasteiger partial charge < -0.3 is 5.73 Å². The van der Waals surface area contributed by atoms with Crippen LogP contribution in [0, 0.1) is 5.82 Å². The van der Waals surface area contributed by atoms with Crippen molar-refractivity contribution in [2.24, 2.45) is 5.73 Å². The number of halogens is 1. The van der Waals surface area contributed by atoms with Gasteiger partial charge in [0, 0.05) is 36.8 Å². The van der Waals surface area contributed by atoms with Gasteiger partial charge in [-0.2, -0.15) is 0 Å². The first-order valence-corrected chi connectivity index (χ1v) is 8.01. The summed E-state index contributed by atoms with van der Waals surface area (Å²) in [7, 11) is 0. The highest BCUT2D eigenvalue weighted by Crippen LogP contribution is 2.20. The van der Waals surface area contributed by atoms with E-state index >= 15 is 0 Å². The first kappa shape index (κ1) is 16.3. The Morgan fingerprint density at radius 2 is 2.14 bits per heavy atom. The van der Waals surface area contributed by atoms with E-state index in [1.54, 1.807) is 6.07 Å². The number of nitrogens with zero attached hydrogens (tertiary/aromatic N) is 2. The van der Waals surface area contributed by atoms with Gasteiger partial charge in [-0.05, 0) is 25.6 Å². The first-order chi connectivity index (χ1) is 10.1. The minimum atomic E-state index is -0.267. The molecule has 0 spiro atoms. The van der Waals surface area contributed by atoms with E-state index < -0.39 is 0 Å². The quantitative estimate of drug-likeness (QED) is 0.818. The highest BCUT2D eigenvalue weighted by atomic mass is 32.1. The van der Waals surface area contributed by atoms with Crippen LogP contribution in [0.2, 0.25) is 0 Å². The lowest BCUT2D eigenvalue weighted by Crippen LogP contribution is -2.37. The normalized spacial score (nSPS) is 19.3. The van der Waals surface area contributed by atoms with Crippen molar-refractivity contribution in [2.45, 2.75) is 32.9 Å². The van der Waals surface area contributed by atoms with Crippen LogP contribution in [0.25, 0.3) is 0 Å². The fourth-order valence-corrected chi connectivity index (χ4v) is 3.28. The van der Waals surface area contributed by atoms with Crippen molar-refractivity contribution in [1.29, 1.82) is 0 Å². The summed E-state index contributed by atoms with van der Waals surface area (Å²) in [5, 5.41) is 0. The van der Waals surface area contributed by atoms with Gasteiger partial charge in [0.15, 0.2) is 0 Å². The van der Waals surface area contributed by atoms with Crippen LogP contribution in [0.4, 0.5) is 4.39 Å². The summed E-state index contributed by atoms with van der Waals surface area (Å²) in [6.07, 6.45) is 1.15. The second-order valence-corrected chi connectivity index (χ2v) is 5.98. The molecule has 1 aliphatic rings. The molecule has 2 rings (SSSR count). The molecule has 3 nitrogen and oxygen atoms in total. The number of likely N-dealkylation sites (N-methyl/N-ethyl adjacent to an activating group) is 1. The molecule has 21 heavy (non-hydrogen) atoms. The van der Waals surface area contributed by atoms with Crippen molar-refractivity contribution >= 4 is 17.2 Å². The molecule has 0 amide bonds. The average molecular weight is 309 g/mol. The Hall–Kier alpha value is -1.04. The van der Waals surface area contributed by atoms with E-state index in [9.17, 15) is 4.39 Å². The zero-order valence-corrected chi connectivity index (χ0v) is 13.6. The van der Waals surface area contributed by atoms with Gasteiger partial charge in [-0.15, -0.1) is 0 Å². The van der Waals surface area contributed by atoms with Crippen molar-refractivity contribution < 1.29 is 4.39 Å². The zero-order chi connectivity index (χ0) is 15.4. The van der Waals surface area contributed by atoms with E-state index in [-0.39, 0.29) is 10.8 Å². The fourth-order valence-electron chi connectivity index (χ4n) is 3.13. The van der Waals surface area contributed by atoms with Gasteiger partial charge in [0.1, 0.15) is 10.8 Å². The summed E-state index contributed by atoms with van der Waals surface area (Å²) in [6, 6.07) is 5.87. The summed E-state index contributed by atoms with van der Waals surface area (Å²) in [4.78, 5) is 4.91. The molecule has 1 atom stereocenters. The molecule has 1 aliphatic heterocycles. The standard InChI is InChI=1S/C16H24FN3S/c1-3-20(4-2)13-8-9-19(11-13)10-12-6-5-7-14(15(12)17)16(18)21/h5-7,13H,3-4,8-11H2,1-2H3,(H2,18,21). The van der Waals surface area contributed by atoms with E-state index in [4.69, 9.17) is 18.0 Å². The van der Waals surface area contributed by atoms with Crippen molar-refractivity contribution in [2.75, 3.05) is 26.2 Å². The molecule has 1 fully saturated rings. The van der Waals surface area contributed by atoms with Gasteiger partial charge in [-0.1, -0.05) is 38.2 Å². The monoisotopic (exact) mass is 309 g/mol. The minimum Gasteiger partial charge on any atom is -0.389 e. The van der Waals surface area contributed by atoms with Gasteiger partial charge in [0.05, 0.1) is 0 Å². The third kappa shape index (κ3) is 3.78. The maximum atomic E-state index is 14.4. The molecular weight excluding hydrogens is 285 g/mol. The molecule has 0 saturated carbocycles. The third-order valence-electron chi connectivity index (χ3n) is 4.31. The van der Waals surface area contributed by atoms with Crippen molar-refractivity contribution in [3.05, 3.63) is 35.1 Å².